The fourth-order valence-electron chi connectivity index (χ4n) is 2.30. The van der Waals surface area contributed by atoms with Gasteiger partial charge < -0.3 is 9.88 Å². The second-order valence-electron chi connectivity index (χ2n) is 6.11. The summed E-state index contributed by atoms with van der Waals surface area (Å²) in [5, 5.41) is 3.03. The van der Waals surface area contributed by atoms with E-state index in [9.17, 15) is 8.42 Å². The van der Waals surface area contributed by atoms with Crippen LogP contribution in [0.3, 0.4) is 0 Å². The van der Waals surface area contributed by atoms with Crippen LogP contribution in [0.4, 0.5) is 5.69 Å². The van der Waals surface area contributed by atoms with E-state index in [2.05, 4.69) is 38.9 Å². The molecule has 0 unspecified atom stereocenters. The Balaban J connectivity index is 1.61. The lowest BCUT2D eigenvalue weighted by Gasteiger charge is -2.10. The number of nitrogens with zero attached hydrogens (tertiary/aromatic N) is 1. The van der Waals surface area contributed by atoms with Gasteiger partial charge in [-0.1, -0.05) is 6.42 Å². The maximum atomic E-state index is 11.6. The summed E-state index contributed by atoms with van der Waals surface area (Å²) in [5.74, 6) is 0. The monoisotopic (exact) mass is 349 g/mol. The summed E-state index contributed by atoms with van der Waals surface area (Å²) >= 11 is 0. The second kappa shape index (κ2) is 8.89. The van der Waals surface area contributed by atoms with Gasteiger partial charge in [0.2, 0.25) is 10.0 Å². The quantitative estimate of drug-likeness (QED) is 0.646. The van der Waals surface area contributed by atoms with Crippen LogP contribution in [0.5, 0.6) is 0 Å². The third-order valence-corrected chi connectivity index (χ3v) is 5.72. The van der Waals surface area contributed by atoms with Crippen LogP contribution in [0, 0.1) is 0 Å². The Labute approximate surface area is 145 Å². The molecule has 1 heterocycles. The minimum atomic E-state index is -3.12. The molecule has 6 heteroatoms. The molecule has 0 radical (unpaired) electrons. The maximum Gasteiger partial charge on any atom is 0.213 e. The van der Waals surface area contributed by atoms with E-state index in [0.717, 1.165) is 37.2 Å². The van der Waals surface area contributed by atoms with Gasteiger partial charge in [0.25, 0.3) is 0 Å². The summed E-state index contributed by atoms with van der Waals surface area (Å²) in [5.41, 5.74) is 2.24. The molecule has 1 aromatic carbocycles. The predicted octanol–water partition coefficient (Wildman–Crippen LogP) is 3.39. The number of anilines is 1. The van der Waals surface area contributed by atoms with Crippen molar-refractivity contribution in [2.24, 2.45) is 0 Å². The molecule has 0 fully saturated rings. The average molecular weight is 350 g/mol. The van der Waals surface area contributed by atoms with Crippen molar-refractivity contribution in [3.63, 3.8) is 0 Å². The topological polar surface area (TPSA) is 63.1 Å². The lowest BCUT2D eigenvalue weighted by atomic mass is 10.2. The highest BCUT2D eigenvalue weighted by Gasteiger charge is 2.13. The molecular weight excluding hydrogens is 322 g/mol. The number of hydrogen-bond acceptors (Lipinski definition) is 3. The van der Waals surface area contributed by atoms with Gasteiger partial charge in [0, 0.05) is 36.9 Å². The Bertz CT molecular complexity index is 692. The van der Waals surface area contributed by atoms with Gasteiger partial charge in [-0.15, -0.1) is 0 Å². The van der Waals surface area contributed by atoms with Crippen LogP contribution in [0.25, 0.3) is 5.69 Å². The van der Waals surface area contributed by atoms with Crippen LogP contribution in [-0.2, 0) is 10.0 Å². The molecule has 0 amide bonds. The van der Waals surface area contributed by atoms with E-state index in [1.807, 2.05) is 24.5 Å². The van der Waals surface area contributed by atoms with Crippen molar-refractivity contribution in [1.29, 1.82) is 0 Å². The van der Waals surface area contributed by atoms with E-state index < -0.39 is 10.0 Å². The summed E-state index contributed by atoms with van der Waals surface area (Å²) in [6, 6.07) is 12.3. The highest BCUT2D eigenvalue weighted by molar-refractivity contribution is 7.90. The average Bonchev–Trinajstić information content (AvgIpc) is 3.09. The van der Waals surface area contributed by atoms with Crippen LogP contribution in [0.2, 0.25) is 0 Å². The van der Waals surface area contributed by atoms with Crippen LogP contribution >= 0.6 is 0 Å². The molecule has 2 rings (SSSR count). The van der Waals surface area contributed by atoms with Crippen molar-refractivity contribution >= 4 is 15.7 Å². The number of unbranched alkanes of at least 4 members (excludes halogenated alkanes) is 2. The molecule has 2 N–H and O–H groups in total. The standard InChI is InChI=1S/C18H27N3O2S/c1-16(2)24(22,23)20-13-5-3-4-12-19-17-8-10-18(11-9-17)21-14-6-7-15-21/h6-11,14-16,19-20H,3-5,12-13H2,1-2H3. The Kier molecular flexibility index (Phi) is 6.87. The molecule has 1 aromatic heterocycles. The summed E-state index contributed by atoms with van der Waals surface area (Å²) in [6.45, 7) is 4.79. The Morgan fingerprint density at radius 2 is 1.58 bits per heavy atom. The van der Waals surface area contributed by atoms with Crippen LogP contribution in [0.1, 0.15) is 33.1 Å². The molecule has 5 nitrogen and oxygen atoms in total. The first-order valence-corrected chi connectivity index (χ1v) is 9.99. The zero-order chi connectivity index (χ0) is 17.4. The van der Waals surface area contributed by atoms with Gasteiger partial charge in [-0.25, -0.2) is 13.1 Å². The lowest BCUT2D eigenvalue weighted by Crippen LogP contribution is -2.31. The number of sulfonamides is 1. The van der Waals surface area contributed by atoms with Gasteiger partial charge in [-0.05, 0) is 63.1 Å². The molecule has 0 saturated carbocycles. The molecule has 0 atom stereocenters. The molecule has 132 valence electrons. The van der Waals surface area contributed by atoms with Crippen LogP contribution in [-0.4, -0.2) is 31.3 Å². The molecule has 0 aliphatic heterocycles. The summed E-state index contributed by atoms with van der Waals surface area (Å²) in [6.07, 6.45) is 6.92. The first kappa shape index (κ1) is 18.5. The van der Waals surface area contributed by atoms with Gasteiger partial charge in [0.05, 0.1) is 5.25 Å². The summed E-state index contributed by atoms with van der Waals surface area (Å²) < 4.78 is 27.9. The van der Waals surface area contributed by atoms with E-state index in [0.29, 0.717) is 6.54 Å². The van der Waals surface area contributed by atoms with E-state index >= 15 is 0 Å². The molecule has 0 bridgehead atoms. The Morgan fingerprint density at radius 3 is 2.21 bits per heavy atom. The molecular formula is C18H27N3O2S. The maximum absolute atomic E-state index is 11.6. The first-order valence-electron chi connectivity index (χ1n) is 8.45. The van der Waals surface area contributed by atoms with Crippen molar-refractivity contribution < 1.29 is 8.42 Å². The van der Waals surface area contributed by atoms with Crippen molar-refractivity contribution in [1.82, 2.24) is 9.29 Å². The molecule has 0 spiro atoms. The van der Waals surface area contributed by atoms with Gasteiger partial charge in [0.1, 0.15) is 0 Å². The summed E-state index contributed by atoms with van der Waals surface area (Å²) in [7, 11) is -3.12. The Hall–Kier alpha value is -1.79. The third kappa shape index (κ3) is 5.69. The minimum absolute atomic E-state index is 0.367. The fraction of sp³-hybridized carbons (Fsp3) is 0.444. The molecule has 0 aliphatic rings. The minimum Gasteiger partial charge on any atom is -0.385 e. The van der Waals surface area contributed by atoms with Gasteiger partial charge >= 0.3 is 0 Å². The van der Waals surface area contributed by atoms with Crippen molar-refractivity contribution in [3.05, 3.63) is 48.8 Å². The number of rotatable bonds is 10. The summed E-state index contributed by atoms with van der Waals surface area (Å²) in [4.78, 5) is 0. The predicted molar refractivity (Wildman–Crippen MR) is 100 cm³/mol. The number of hydrogen-bond donors (Lipinski definition) is 2. The fourth-order valence-corrected chi connectivity index (χ4v) is 3.06. The van der Waals surface area contributed by atoms with Gasteiger partial charge in [-0.3, -0.25) is 0 Å². The molecule has 24 heavy (non-hydrogen) atoms. The Morgan fingerprint density at radius 1 is 0.958 bits per heavy atom. The SMILES string of the molecule is CC(C)S(=O)(=O)NCCCCCNc1ccc(-n2cccc2)cc1. The first-order chi connectivity index (χ1) is 11.5. The van der Waals surface area contributed by atoms with Gasteiger partial charge in [0.15, 0.2) is 0 Å². The lowest BCUT2D eigenvalue weighted by molar-refractivity contribution is 0.566. The van der Waals surface area contributed by atoms with E-state index in [4.69, 9.17) is 0 Å². The zero-order valence-electron chi connectivity index (χ0n) is 14.4. The molecule has 0 saturated heterocycles. The largest absolute Gasteiger partial charge is 0.385 e. The smallest absolute Gasteiger partial charge is 0.213 e. The molecule has 2 aromatic rings. The van der Waals surface area contributed by atoms with E-state index in [-0.39, 0.29) is 5.25 Å². The molecule has 0 aliphatic carbocycles. The van der Waals surface area contributed by atoms with Crippen molar-refractivity contribution in [2.75, 3.05) is 18.4 Å². The van der Waals surface area contributed by atoms with Crippen LogP contribution in [0.15, 0.2) is 48.8 Å². The normalized spacial score (nSPS) is 11.8. The number of nitrogens with one attached hydrogen (secondary N) is 2. The second-order valence-corrected chi connectivity index (χ2v) is 8.43. The van der Waals surface area contributed by atoms with Crippen LogP contribution < -0.4 is 10.0 Å². The van der Waals surface area contributed by atoms with Gasteiger partial charge in [-0.2, -0.15) is 0 Å². The zero-order valence-corrected chi connectivity index (χ0v) is 15.2. The van der Waals surface area contributed by atoms with Crippen molar-refractivity contribution in [2.45, 2.75) is 38.4 Å². The van der Waals surface area contributed by atoms with E-state index in [1.54, 1.807) is 13.8 Å². The number of benzene rings is 1. The highest BCUT2D eigenvalue weighted by Crippen LogP contribution is 2.13. The third-order valence-electron chi connectivity index (χ3n) is 3.88. The highest BCUT2D eigenvalue weighted by atomic mass is 32.2. The van der Waals surface area contributed by atoms with Crippen molar-refractivity contribution in [3.8, 4) is 5.69 Å². The number of aromatic nitrogens is 1. The van der Waals surface area contributed by atoms with E-state index in [1.165, 1.54) is 0 Å².